The first kappa shape index (κ1) is 12.8. The molecule has 0 bridgehead atoms. The highest BCUT2D eigenvalue weighted by atomic mass is 32.2. The van der Waals surface area contributed by atoms with Gasteiger partial charge in [-0.05, 0) is 44.7 Å². The van der Waals surface area contributed by atoms with Gasteiger partial charge in [0.05, 0.1) is 0 Å². The average molecular weight is 261 g/mol. The number of hydrogen-bond acceptors (Lipinski definition) is 6. The third kappa shape index (κ3) is 3.16. The van der Waals surface area contributed by atoms with Crippen molar-refractivity contribution >= 4 is 17.7 Å². The lowest BCUT2D eigenvalue weighted by atomic mass is 10.4. The zero-order chi connectivity index (χ0) is 13.1. The number of anilines is 1. The zero-order valence-corrected chi connectivity index (χ0v) is 11.7. The van der Waals surface area contributed by atoms with Crippen LogP contribution in [0.2, 0.25) is 0 Å². The minimum Gasteiger partial charge on any atom is -0.357 e. The lowest BCUT2D eigenvalue weighted by Gasteiger charge is -2.05. The molecule has 2 aromatic rings. The fourth-order valence-electron chi connectivity index (χ4n) is 1.54. The lowest BCUT2D eigenvalue weighted by molar-refractivity contribution is 0.896. The van der Waals surface area contributed by atoms with E-state index in [2.05, 4.69) is 25.3 Å². The average Bonchev–Trinajstić information content (AvgIpc) is 2.26. The number of hydrogen-bond donors (Lipinski definition) is 1. The van der Waals surface area contributed by atoms with Crippen LogP contribution in [-0.4, -0.2) is 27.0 Å². The number of nitrogens with zero attached hydrogens (tertiary/aromatic N) is 4. The van der Waals surface area contributed by atoms with Crippen molar-refractivity contribution in [3.05, 3.63) is 29.2 Å². The van der Waals surface area contributed by atoms with Crippen LogP contribution in [0.3, 0.4) is 0 Å². The van der Waals surface area contributed by atoms with Gasteiger partial charge in [0.2, 0.25) is 5.95 Å². The molecule has 0 radical (unpaired) electrons. The van der Waals surface area contributed by atoms with E-state index in [9.17, 15) is 0 Å². The van der Waals surface area contributed by atoms with Gasteiger partial charge >= 0.3 is 0 Å². The Labute approximate surface area is 110 Å². The second kappa shape index (κ2) is 5.30. The van der Waals surface area contributed by atoms with Crippen molar-refractivity contribution < 1.29 is 0 Å². The lowest BCUT2D eigenvalue weighted by Crippen LogP contribution is -1.99. The number of aryl methyl sites for hydroxylation is 3. The molecule has 5 nitrogen and oxygen atoms in total. The normalized spacial score (nSPS) is 10.4. The zero-order valence-electron chi connectivity index (χ0n) is 10.9. The van der Waals surface area contributed by atoms with E-state index < -0.39 is 0 Å². The van der Waals surface area contributed by atoms with Crippen LogP contribution in [0.4, 0.5) is 5.95 Å². The molecule has 2 heterocycles. The Hall–Kier alpha value is -1.69. The number of nitrogens with one attached hydrogen (secondary N) is 1. The van der Waals surface area contributed by atoms with Crippen LogP contribution in [0.5, 0.6) is 0 Å². The van der Waals surface area contributed by atoms with E-state index >= 15 is 0 Å². The molecule has 0 atom stereocenters. The summed E-state index contributed by atoms with van der Waals surface area (Å²) in [5, 5.41) is 4.50. The van der Waals surface area contributed by atoms with Gasteiger partial charge < -0.3 is 5.32 Å². The fraction of sp³-hybridized carbons (Fsp3) is 0.333. The molecule has 0 saturated heterocycles. The third-order valence-corrected chi connectivity index (χ3v) is 3.00. The molecule has 0 aliphatic rings. The molecule has 0 aromatic carbocycles. The Kier molecular flexibility index (Phi) is 3.76. The summed E-state index contributed by atoms with van der Waals surface area (Å²) >= 11 is 1.45. The summed E-state index contributed by atoms with van der Waals surface area (Å²) < 4.78 is 0. The highest BCUT2D eigenvalue weighted by molar-refractivity contribution is 7.99. The summed E-state index contributed by atoms with van der Waals surface area (Å²) in [6.07, 6.45) is 0. The topological polar surface area (TPSA) is 63.6 Å². The monoisotopic (exact) mass is 261 g/mol. The quantitative estimate of drug-likeness (QED) is 0.676. The number of rotatable bonds is 3. The Bertz CT molecular complexity index is 550. The second-order valence-corrected chi connectivity index (χ2v) is 4.94. The van der Waals surface area contributed by atoms with Crippen molar-refractivity contribution in [1.82, 2.24) is 19.9 Å². The maximum absolute atomic E-state index is 4.39. The summed E-state index contributed by atoms with van der Waals surface area (Å²) in [6, 6.07) is 3.88. The maximum Gasteiger partial charge on any atom is 0.223 e. The first-order chi connectivity index (χ1) is 8.56. The van der Waals surface area contributed by atoms with Crippen molar-refractivity contribution in [3.63, 3.8) is 0 Å². The molecule has 94 valence electrons. The molecule has 0 aliphatic carbocycles. The van der Waals surface area contributed by atoms with Gasteiger partial charge in [0.1, 0.15) is 5.03 Å². The van der Waals surface area contributed by atoms with E-state index in [-0.39, 0.29) is 0 Å². The molecule has 2 rings (SSSR count). The van der Waals surface area contributed by atoms with Crippen LogP contribution in [0.25, 0.3) is 0 Å². The summed E-state index contributed by atoms with van der Waals surface area (Å²) in [4.78, 5) is 17.4. The second-order valence-electron chi connectivity index (χ2n) is 3.96. The van der Waals surface area contributed by atoms with E-state index in [0.29, 0.717) is 11.1 Å². The summed E-state index contributed by atoms with van der Waals surface area (Å²) in [5.74, 6) is 0.613. The summed E-state index contributed by atoms with van der Waals surface area (Å²) in [6.45, 7) is 5.86. The molecular formula is C12H15N5S. The van der Waals surface area contributed by atoms with Gasteiger partial charge in [-0.2, -0.15) is 0 Å². The highest BCUT2D eigenvalue weighted by Gasteiger charge is 2.06. The Morgan fingerprint density at radius 2 is 1.50 bits per heavy atom. The molecule has 1 N–H and O–H groups in total. The Balaban J connectivity index is 2.30. The van der Waals surface area contributed by atoms with Crippen molar-refractivity contribution in [2.45, 2.75) is 31.0 Å². The molecule has 2 aromatic heterocycles. The van der Waals surface area contributed by atoms with Gasteiger partial charge in [0.15, 0.2) is 5.16 Å². The van der Waals surface area contributed by atoms with Crippen LogP contribution < -0.4 is 5.32 Å². The van der Waals surface area contributed by atoms with Crippen molar-refractivity contribution in [3.8, 4) is 0 Å². The molecule has 0 spiro atoms. The van der Waals surface area contributed by atoms with Crippen LogP contribution in [0, 0.1) is 20.8 Å². The van der Waals surface area contributed by atoms with Gasteiger partial charge in [0, 0.05) is 24.1 Å². The SMILES string of the molecule is CNc1nc(C)cc(Sc2nc(C)cc(C)n2)n1. The molecule has 6 heteroatoms. The van der Waals surface area contributed by atoms with Gasteiger partial charge in [0.25, 0.3) is 0 Å². The molecule has 0 unspecified atom stereocenters. The fourth-order valence-corrected chi connectivity index (χ4v) is 2.46. The van der Waals surface area contributed by atoms with Crippen LogP contribution >= 0.6 is 11.8 Å². The van der Waals surface area contributed by atoms with Crippen LogP contribution in [-0.2, 0) is 0 Å². The van der Waals surface area contributed by atoms with Crippen LogP contribution in [0.1, 0.15) is 17.1 Å². The largest absolute Gasteiger partial charge is 0.357 e. The highest BCUT2D eigenvalue weighted by Crippen LogP contribution is 2.24. The molecule has 0 aliphatic heterocycles. The molecular weight excluding hydrogens is 246 g/mol. The molecule has 18 heavy (non-hydrogen) atoms. The van der Waals surface area contributed by atoms with Crippen molar-refractivity contribution in [2.75, 3.05) is 12.4 Å². The van der Waals surface area contributed by atoms with E-state index in [4.69, 9.17) is 0 Å². The molecule has 0 amide bonds. The smallest absolute Gasteiger partial charge is 0.223 e. The standard InChI is InChI=1S/C12H15N5S/c1-7-5-8(2)16-12(15-7)18-10-6-9(3)14-11(13-4)17-10/h5-6H,1-4H3,(H,13,14,17). The van der Waals surface area contributed by atoms with Crippen molar-refractivity contribution in [1.29, 1.82) is 0 Å². The van der Waals surface area contributed by atoms with E-state index in [1.165, 1.54) is 11.8 Å². The minimum absolute atomic E-state index is 0.613. The molecule has 0 saturated carbocycles. The van der Waals surface area contributed by atoms with Gasteiger partial charge in [-0.25, -0.2) is 19.9 Å². The maximum atomic E-state index is 4.39. The van der Waals surface area contributed by atoms with E-state index in [0.717, 1.165) is 22.1 Å². The van der Waals surface area contributed by atoms with Crippen LogP contribution in [0.15, 0.2) is 22.3 Å². The Morgan fingerprint density at radius 1 is 0.889 bits per heavy atom. The predicted molar refractivity (Wildman–Crippen MR) is 71.9 cm³/mol. The van der Waals surface area contributed by atoms with Gasteiger partial charge in [-0.15, -0.1) is 0 Å². The van der Waals surface area contributed by atoms with Gasteiger partial charge in [-0.3, -0.25) is 0 Å². The first-order valence-corrected chi connectivity index (χ1v) is 6.42. The minimum atomic E-state index is 0.613. The Morgan fingerprint density at radius 3 is 2.11 bits per heavy atom. The van der Waals surface area contributed by atoms with Gasteiger partial charge in [-0.1, -0.05) is 0 Å². The number of aromatic nitrogens is 4. The third-order valence-electron chi connectivity index (χ3n) is 2.21. The summed E-state index contributed by atoms with van der Waals surface area (Å²) in [5.41, 5.74) is 2.84. The predicted octanol–water partition coefficient (Wildman–Crippen LogP) is 2.38. The van der Waals surface area contributed by atoms with E-state index in [1.54, 1.807) is 7.05 Å². The first-order valence-electron chi connectivity index (χ1n) is 5.60. The van der Waals surface area contributed by atoms with Crippen molar-refractivity contribution in [2.24, 2.45) is 0 Å². The van der Waals surface area contributed by atoms with E-state index in [1.807, 2.05) is 32.9 Å². The summed E-state index contributed by atoms with van der Waals surface area (Å²) in [7, 11) is 1.80. The molecule has 0 fully saturated rings.